The third-order valence-corrected chi connectivity index (χ3v) is 5.66. The van der Waals surface area contributed by atoms with Crippen LogP contribution < -0.4 is 10.1 Å². The number of carbonyl (C=O) groups excluding carboxylic acids is 2. The van der Waals surface area contributed by atoms with Gasteiger partial charge in [0.25, 0.3) is 5.91 Å². The van der Waals surface area contributed by atoms with Crippen molar-refractivity contribution in [2.45, 2.75) is 30.0 Å². The summed E-state index contributed by atoms with van der Waals surface area (Å²) in [4.78, 5) is 24.1. The van der Waals surface area contributed by atoms with Crippen molar-refractivity contribution < 1.29 is 19.1 Å². The molecule has 2 heterocycles. The van der Waals surface area contributed by atoms with Crippen LogP contribution in [0.3, 0.4) is 0 Å². The number of benzene rings is 1. The lowest BCUT2D eigenvalue weighted by molar-refractivity contribution is -0.140. The van der Waals surface area contributed by atoms with Crippen LogP contribution in [0.25, 0.3) is 5.65 Å². The molecule has 9 nitrogen and oxygen atoms in total. The zero-order valence-electron chi connectivity index (χ0n) is 17.0. The summed E-state index contributed by atoms with van der Waals surface area (Å²) in [5.74, 6) is 0.849. The Morgan fingerprint density at radius 3 is 2.57 bits per heavy atom. The number of nitrogens with one attached hydrogen (secondary N) is 1. The Morgan fingerprint density at radius 2 is 1.90 bits per heavy atom. The van der Waals surface area contributed by atoms with Crippen molar-refractivity contribution in [1.82, 2.24) is 25.1 Å². The Kier molecular flexibility index (Phi) is 7.23. The molecule has 1 atom stereocenters. The number of nitrogens with zero attached hydrogens (tertiary/aromatic N) is 4. The van der Waals surface area contributed by atoms with E-state index in [1.165, 1.54) is 18.9 Å². The van der Waals surface area contributed by atoms with Crippen LogP contribution in [0.15, 0.2) is 41.4 Å². The maximum atomic E-state index is 12.3. The van der Waals surface area contributed by atoms with E-state index in [4.69, 9.17) is 9.47 Å². The molecule has 0 aliphatic heterocycles. The summed E-state index contributed by atoms with van der Waals surface area (Å²) >= 11 is 1.34. The first-order chi connectivity index (χ1) is 14.5. The van der Waals surface area contributed by atoms with E-state index in [1.54, 1.807) is 48.0 Å². The first-order valence-electron chi connectivity index (χ1n) is 9.43. The van der Waals surface area contributed by atoms with Crippen LogP contribution >= 0.6 is 11.8 Å². The molecule has 1 aromatic carbocycles. The van der Waals surface area contributed by atoms with Crippen LogP contribution in [0.1, 0.15) is 29.5 Å². The van der Waals surface area contributed by atoms with Crippen LogP contribution in [0.4, 0.5) is 0 Å². The monoisotopic (exact) mass is 429 g/mol. The van der Waals surface area contributed by atoms with E-state index in [2.05, 4.69) is 20.6 Å². The average Bonchev–Trinajstić information content (AvgIpc) is 3.19. The van der Waals surface area contributed by atoms with Gasteiger partial charge in [-0.1, -0.05) is 18.7 Å². The number of methoxy groups -OCH3 is 2. The lowest BCUT2D eigenvalue weighted by Gasteiger charge is -2.11. The van der Waals surface area contributed by atoms with Crippen LogP contribution in [-0.2, 0) is 16.0 Å². The van der Waals surface area contributed by atoms with Gasteiger partial charge in [-0.25, -0.2) is 0 Å². The van der Waals surface area contributed by atoms with Crippen molar-refractivity contribution in [1.29, 1.82) is 0 Å². The summed E-state index contributed by atoms with van der Waals surface area (Å²) in [7, 11) is 2.95. The topological polar surface area (TPSA) is 108 Å². The molecule has 1 amide bonds. The van der Waals surface area contributed by atoms with Crippen molar-refractivity contribution in [2.24, 2.45) is 0 Å². The molecule has 0 spiro atoms. The standard InChI is InChI=1S/C20H23N5O4S/c1-4-15(20(27)29-3)30-18-10-9-16-22-23-17(25(16)24-18)11-12-21-19(26)13-5-7-14(28-2)8-6-13/h5-10,15H,4,11-12H2,1-3H3,(H,21,26)/t15-/m1/s1. The average molecular weight is 430 g/mol. The molecular weight excluding hydrogens is 406 g/mol. The van der Waals surface area contributed by atoms with Gasteiger partial charge in [0.2, 0.25) is 0 Å². The molecule has 0 aliphatic rings. The van der Waals surface area contributed by atoms with Gasteiger partial charge in [0.15, 0.2) is 11.5 Å². The van der Waals surface area contributed by atoms with E-state index in [9.17, 15) is 9.59 Å². The number of hydrogen-bond donors (Lipinski definition) is 1. The van der Waals surface area contributed by atoms with E-state index in [0.717, 1.165) is 0 Å². The van der Waals surface area contributed by atoms with Crippen LogP contribution in [0.2, 0.25) is 0 Å². The minimum Gasteiger partial charge on any atom is -0.497 e. The number of fused-ring (bicyclic) bond motifs is 1. The fraction of sp³-hybridized carbons (Fsp3) is 0.350. The minimum absolute atomic E-state index is 0.181. The summed E-state index contributed by atoms with van der Waals surface area (Å²) in [6.45, 7) is 2.30. The van der Waals surface area contributed by atoms with Crippen molar-refractivity contribution in [3.63, 3.8) is 0 Å². The third-order valence-electron chi connectivity index (χ3n) is 4.39. The molecule has 0 fully saturated rings. The summed E-state index contributed by atoms with van der Waals surface area (Å²) in [6.07, 6.45) is 1.09. The molecule has 1 N–H and O–H groups in total. The molecule has 10 heteroatoms. The Balaban J connectivity index is 1.64. The molecule has 0 aliphatic carbocycles. The van der Waals surface area contributed by atoms with E-state index in [0.29, 0.717) is 47.2 Å². The molecule has 0 saturated heterocycles. The van der Waals surface area contributed by atoms with Gasteiger partial charge >= 0.3 is 5.97 Å². The molecule has 2 aromatic heterocycles. The van der Waals surface area contributed by atoms with E-state index >= 15 is 0 Å². The number of rotatable bonds is 9. The van der Waals surface area contributed by atoms with Crippen molar-refractivity contribution >= 4 is 29.3 Å². The molecule has 0 unspecified atom stereocenters. The fourth-order valence-corrected chi connectivity index (χ4v) is 3.67. The Bertz CT molecular complexity index is 1020. The number of thioether (sulfide) groups is 1. The molecule has 0 radical (unpaired) electrons. The third kappa shape index (κ3) is 5.07. The van der Waals surface area contributed by atoms with E-state index < -0.39 is 0 Å². The minimum atomic E-state index is -0.330. The summed E-state index contributed by atoms with van der Waals surface area (Å²) < 4.78 is 11.6. The highest BCUT2D eigenvalue weighted by Crippen LogP contribution is 2.24. The van der Waals surface area contributed by atoms with E-state index in [-0.39, 0.29) is 17.1 Å². The highest BCUT2D eigenvalue weighted by molar-refractivity contribution is 8.00. The number of esters is 1. The van der Waals surface area contributed by atoms with Gasteiger partial charge in [-0.2, -0.15) is 9.61 Å². The number of carbonyl (C=O) groups is 2. The first kappa shape index (κ1) is 21.6. The predicted molar refractivity (Wildman–Crippen MR) is 112 cm³/mol. The zero-order valence-corrected chi connectivity index (χ0v) is 17.8. The maximum absolute atomic E-state index is 12.3. The Labute approximate surface area is 178 Å². The van der Waals surface area contributed by atoms with Gasteiger partial charge in [-0.3, -0.25) is 9.59 Å². The smallest absolute Gasteiger partial charge is 0.319 e. The molecule has 3 rings (SSSR count). The van der Waals surface area contributed by atoms with Crippen LogP contribution in [0, 0.1) is 0 Å². The lowest BCUT2D eigenvalue weighted by Crippen LogP contribution is -2.26. The summed E-state index contributed by atoms with van der Waals surface area (Å²) in [5.41, 5.74) is 1.15. The van der Waals surface area contributed by atoms with Crippen LogP contribution in [-0.4, -0.2) is 57.7 Å². The quantitative estimate of drug-likeness (QED) is 0.407. The zero-order chi connectivity index (χ0) is 21.5. The van der Waals surface area contributed by atoms with Gasteiger partial charge in [-0.15, -0.1) is 10.2 Å². The summed E-state index contributed by atoms with van der Waals surface area (Å²) in [5, 5.41) is 16.0. The second-order valence-corrected chi connectivity index (χ2v) is 7.55. The van der Waals surface area contributed by atoms with Gasteiger partial charge < -0.3 is 14.8 Å². The van der Waals surface area contributed by atoms with Crippen molar-refractivity contribution in [3.05, 3.63) is 47.8 Å². The molecule has 30 heavy (non-hydrogen) atoms. The number of ether oxygens (including phenoxy) is 2. The molecule has 158 valence electrons. The summed E-state index contributed by atoms with van der Waals surface area (Å²) in [6, 6.07) is 10.5. The predicted octanol–water partition coefficient (Wildman–Crippen LogP) is 2.15. The number of hydrogen-bond acceptors (Lipinski definition) is 8. The largest absolute Gasteiger partial charge is 0.497 e. The molecule has 0 saturated carbocycles. The molecule has 0 bridgehead atoms. The molecular formula is C20H23N5O4S. The second-order valence-electron chi connectivity index (χ2n) is 6.33. The number of amides is 1. The van der Waals surface area contributed by atoms with Crippen molar-refractivity contribution in [3.8, 4) is 5.75 Å². The highest BCUT2D eigenvalue weighted by atomic mass is 32.2. The SMILES string of the molecule is CC[C@@H](Sc1ccc2nnc(CCNC(=O)c3ccc(OC)cc3)n2n1)C(=O)OC. The fourth-order valence-electron chi connectivity index (χ4n) is 2.74. The van der Waals surface area contributed by atoms with Gasteiger partial charge in [-0.05, 0) is 42.8 Å². The lowest BCUT2D eigenvalue weighted by atomic mass is 10.2. The Morgan fingerprint density at radius 1 is 1.13 bits per heavy atom. The first-order valence-corrected chi connectivity index (χ1v) is 10.3. The maximum Gasteiger partial charge on any atom is 0.319 e. The normalized spacial score (nSPS) is 11.8. The van der Waals surface area contributed by atoms with E-state index in [1.807, 2.05) is 6.92 Å². The molecule has 3 aromatic rings. The van der Waals surface area contributed by atoms with Gasteiger partial charge in [0, 0.05) is 18.5 Å². The highest BCUT2D eigenvalue weighted by Gasteiger charge is 2.20. The van der Waals surface area contributed by atoms with Crippen LogP contribution in [0.5, 0.6) is 5.75 Å². The Hall–Kier alpha value is -3.14. The van der Waals surface area contributed by atoms with Crippen molar-refractivity contribution in [2.75, 3.05) is 20.8 Å². The van der Waals surface area contributed by atoms with Gasteiger partial charge in [0.05, 0.1) is 14.2 Å². The van der Waals surface area contributed by atoms with Gasteiger partial charge in [0.1, 0.15) is 16.0 Å². The second kappa shape index (κ2) is 10.1. The number of aromatic nitrogens is 4.